The molecule has 0 saturated heterocycles. The molecule has 0 bridgehead atoms. The van der Waals surface area contributed by atoms with E-state index in [4.69, 9.17) is 0 Å². The Labute approximate surface area is 177 Å². The van der Waals surface area contributed by atoms with Crippen LogP contribution in [0.1, 0.15) is 46.0 Å². The minimum Gasteiger partial charge on any atom is -0.345 e. The second-order valence-corrected chi connectivity index (χ2v) is 7.67. The maximum atomic E-state index is 13.0. The van der Waals surface area contributed by atoms with Crippen molar-refractivity contribution in [3.8, 4) is 0 Å². The third-order valence-corrected chi connectivity index (χ3v) is 4.93. The van der Waals surface area contributed by atoms with Gasteiger partial charge in [-0.05, 0) is 55.7 Å². The van der Waals surface area contributed by atoms with Gasteiger partial charge < -0.3 is 20.4 Å². The molecule has 0 radical (unpaired) electrons. The van der Waals surface area contributed by atoms with Gasteiger partial charge in [0, 0.05) is 50.0 Å². The van der Waals surface area contributed by atoms with Crippen molar-refractivity contribution in [3.05, 3.63) is 65.2 Å². The van der Waals surface area contributed by atoms with Crippen LogP contribution in [-0.4, -0.2) is 54.3 Å². The summed E-state index contributed by atoms with van der Waals surface area (Å²) in [5, 5.41) is 5.65. The Hall–Kier alpha value is -3.35. The van der Waals surface area contributed by atoms with E-state index in [1.165, 1.54) is 4.90 Å². The number of carbonyl (C=O) groups excluding carboxylic acids is 3. The molecule has 0 atom stereocenters. The van der Waals surface area contributed by atoms with Gasteiger partial charge in [0.05, 0.1) is 0 Å². The summed E-state index contributed by atoms with van der Waals surface area (Å²) in [5.74, 6) is -0.169. The minimum absolute atomic E-state index is 0.0555. The Kier molecular flexibility index (Phi) is 6.72. The maximum Gasteiger partial charge on any atom is 0.319 e. The molecule has 2 N–H and O–H groups in total. The lowest BCUT2D eigenvalue weighted by atomic mass is 10.1. The van der Waals surface area contributed by atoms with Crippen LogP contribution >= 0.6 is 0 Å². The van der Waals surface area contributed by atoms with Gasteiger partial charge >= 0.3 is 6.03 Å². The van der Waals surface area contributed by atoms with Crippen LogP contribution in [0.15, 0.2) is 48.5 Å². The van der Waals surface area contributed by atoms with Crippen LogP contribution in [0.2, 0.25) is 0 Å². The van der Waals surface area contributed by atoms with E-state index < -0.39 is 0 Å². The minimum atomic E-state index is -0.248. The van der Waals surface area contributed by atoms with E-state index in [2.05, 4.69) is 10.6 Å². The summed E-state index contributed by atoms with van der Waals surface area (Å²) in [6.45, 7) is 2.90. The highest BCUT2D eigenvalue weighted by atomic mass is 16.2. The van der Waals surface area contributed by atoms with E-state index >= 15 is 0 Å². The molecular formula is C23H28N4O3. The van der Waals surface area contributed by atoms with Gasteiger partial charge in [0.25, 0.3) is 11.8 Å². The highest BCUT2D eigenvalue weighted by Gasteiger charge is 2.23. The number of nitrogens with zero attached hydrogens (tertiary/aromatic N) is 2. The first-order chi connectivity index (χ1) is 14.4. The first-order valence-corrected chi connectivity index (χ1v) is 10.1. The first-order valence-electron chi connectivity index (χ1n) is 10.1. The maximum absolute atomic E-state index is 13.0. The third kappa shape index (κ3) is 5.59. The van der Waals surface area contributed by atoms with Crippen LogP contribution in [0.3, 0.4) is 0 Å². The van der Waals surface area contributed by atoms with Crippen molar-refractivity contribution >= 4 is 23.5 Å². The van der Waals surface area contributed by atoms with Gasteiger partial charge in [-0.3, -0.25) is 9.59 Å². The molecule has 0 aromatic heterocycles. The van der Waals surface area contributed by atoms with Crippen molar-refractivity contribution in [3.63, 3.8) is 0 Å². The fraction of sp³-hybridized carbons (Fsp3) is 0.348. The third-order valence-electron chi connectivity index (χ3n) is 4.93. The smallest absolute Gasteiger partial charge is 0.319 e. The molecule has 1 aliphatic carbocycles. The zero-order valence-corrected chi connectivity index (χ0v) is 17.6. The van der Waals surface area contributed by atoms with Gasteiger partial charge in [-0.2, -0.15) is 0 Å². The van der Waals surface area contributed by atoms with E-state index in [-0.39, 0.29) is 23.9 Å². The second kappa shape index (κ2) is 9.43. The van der Waals surface area contributed by atoms with E-state index in [1.54, 1.807) is 55.4 Å². The summed E-state index contributed by atoms with van der Waals surface area (Å²) < 4.78 is 0. The van der Waals surface area contributed by atoms with Gasteiger partial charge in [0.15, 0.2) is 0 Å². The molecule has 0 spiro atoms. The molecule has 1 aliphatic rings. The van der Waals surface area contributed by atoms with Crippen molar-refractivity contribution in [2.75, 3.05) is 26.0 Å². The standard InChI is InChI=1S/C23H28N4O3/c1-4-27(15-16-8-10-17(11-9-16)21(28)26(2)3)22(29)18-6-5-7-20(14-18)25-23(30)24-19-12-13-19/h5-11,14,19H,4,12-13,15H2,1-3H3,(H2,24,25,30). The lowest BCUT2D eigenvalue weighted by molar-refractivity contribution is 0.0751. The number of benzene rings is 2. The molecule has 3 rings (SSSR count). The Balaban J connectivity index is 1.66. The van der Waals surface area contributed by atoms with Gasteiger partial charge in [0.1, 0.15) is 0 Å². The Morgan fingerprint density at radius 1 is 0.967 bits per heavy atom. The van der Waals surface area contributed by atoms with Crippen LogP contribution in [-0.2, 0) is 6.54 Å². The van der Waals surface area contributed by atoms with Crippen LogP contribution in [0.5, 0.6) is 0 Å². The quantitative estimate of drug-likeness (QED) is 0.737. The predicted octanol–water partition coefficient (Wildman–Crippen LogP) is 3.33. The molecule has 2 aromatic carbocycles. The molecule has 0 heterocycles. The normalized spacial score (nSPS) is 12.8. The number of anilines is 1. The number of amides is 4. The van der Waals surface area contributed by atoms with Gasteiger partial charge in [-0.1, -0.05) is 18.2 Å². The summed E-state index contributed by atoms with van der Waals surface area (Å²) >= 11 is 0. The fourth-order valence-electron chi connectivity index (χ4n) is 3.05. The number of nitrogens with one attached hydrogen (secondary N) is 2. The van der Waals surface area contributed by atoms with E-state index in [1.807, 2.05) is 19.1 Å². The highest BCUT2D eigenvalue weighted by molar-refractivity contribution is 5.97. The Bertz CT molecular complexity index is 920. The number of hydrogen-bond donors (Lipinski definition) is 2. The molecule has 7 nitrogen and oxygen atoms in total. The largest absolute Gasteiger partial charge is 0.345 e. The van der Waals surface area contributed by atoms with Crippen molar-refractivity contribution in [2.45, 2.75) is 32.4 Å². The summed E-state index contributed by atoms with van der Waals surface area (Å²) in [6.07, 6.45) is 2.03. The average molecular weight is 409 g/mol. The zero-order chi connectivity index (χ0) is 21.7. The predicted molar refractivity (Wildman–Crippen MR) is 116 cm³/mol. The molecule has 1 fully saturated rings. The number of urea groups is 1. The van der Waals surface area contributed by atoms with Gasteiger partial charge in [0.2, 0.25) is 0 Å². The Morgan fingerprint density at radius 3 is 2.27 bits per heavy atom. The SMILES string of the molecule is CCN(Cc1ccc(C(=O)N(C)C)cc1)C(=O)c1cccc(NC(=O)NC2CC2)c1. The highest BCUT2D eigenvalue weighted by Crippen LogP contribution is 2.19. The van der Waals surface area contributed by atoms with Crippen LogP contribution in [0, 0.1) is 0 Å². The molecule has 158 valence electrons. The average Bonchev–Trinajstić information content (AvgIpc) is 3.55. The summed E-state index contributed by atoms with van der Waals surface area (Å²) in [6, 6.07) is 14.3. The van der Waals surface area contributed by atoms with Crippen LogP contribution in [0.4, 0.5) is 10.5 Å². The zero-order valence-electron chi connectivity index (χ0n) is 17.6. The van der Waals surface area contributed by atoms with Crippen molar-refractivity contribution in [1.29, 1.82) is 0 Å². The monoisotopic (exact) mass is 408 g/mol. The summed E-state index contributed by atoms with van der Waals surface area (Å²) in [7, 11) is 3.43. The lowest BCUT2D eigenvalue weighted by Gasteiger charge is -2.22. The Morgan fingerprint density at radius 2 is 1.67 bits per heavy atom. The molecule has 7 heteroatoms. The lowest BCUT2D eigenvalue weighted by Crippen LogP contribution is -2.31. The van der Waals surface area contributed by atoms with E-state index in [9.17, 15) is 14.4 Å². The fourth-order valence-corrected chi connectivity index (χ4v) is 3.05. The summed E-state index contributed by atoms with van der Waals surface area (Å²) in [4.78, 5) is 40.2. The molecular weight excluding hydrogens is 380 g/mol. The van der Waals surface area contributed by atoms with Crippen LogP contribution in [0.25, 0.3) is 0 Å². The second-order valence-electron chi connectivity index (χ2n) is 7.67. The van der Waals surface area contributed by atoms with Crippen LogP contribution < -0.4 is 10.6 Å². The molecule has 4 amide bonds. The summed E-state index contributed by atoms with van der Waals surface area (Å²) in [5.41, 5.74) is 2.65. The molecule has 1 saturated carbocycles. The first kappa shape index (κ1) is 21.4. The number of hydrogen-bond acceptors (Lipinski definition) is 3. The van der Waals surface area contributed by atoms with E-state index in [0.29, 0.717) is 29.9 Å². The molecule has 2 aromatic rings. The number of rotatable bonds is 7. The topological polar surface area (TPSA) is 81.8 Å². The molecule has 0 unspecified atom stereocenters. The van der Waals surface area contributed by atoms with Gasteiger partial charge in [-0.15, -0.1) is 0 Å². The number of carbonyl (C=O) groups is 3. The van der Waals surface area contributed by atoms with Crippen molar-refractivity contribution < 1.29 is 14.4 Å². The van der Waals surface area contributed by atoms with E-state index in [0.717, 1.165) is 18.4 Å². The molecule has 30 heavy (non-hydrogen) atoms. The van der Waals surface area contributed by atoms with Crippen molar-refractivity contribution in [1.82, 2.24) is 15.1 Å². The van der Waals surface area contributed by atoms with Crippen molar-refractivity contribution in [2.24, 2.45) is 0 Å². The van der Waals surface area contributed by atoms with Gasteiger partial charge in [-0.25, -0.2) is 4.79 Å². The molecule has 0 aliphatic heterocycles.